The number of rotatable bonds is 3. The van der Waals surface area contributed by atoms with E-state index < -0.39 is 0 Å². The van der Waals surface area contributed by atoms with Gasteiger partial charge in [-0.25, -0.2) is 0 Å². The molecule has 1 fully saturated rings. The van der Waals surface area contributed by atoms with Crippen LogP contribution in [-0.2, 0) is 6.42 Å². The molecule has 2 heteroatoms. The second kappa shape index (κ2) is 5.88. The first-order chi connectivity index (χ1) is 10.5. The van der Waals surface area contributed by atoms with Gasteiger partial charge in [0.2, 0.25) is 0 Å². The molecule has 0 radical (unpaired) electrons. The molecule has 5 unspecified atom stereocenters. The number of fused-ring (bicyclic) bond motifs is 3. The van der Waals surface area contributed by atoms with Crippen LogP contribution in [0.1, 0.15) is 69.9 Å². The van der Waals surface area contributed by atoms with E-state index in [9.17, 15) is 10.2 Å². The fourth-order valence-corrected chi connectivity index (χ4v) is 5.15. The van der Waals surface area contributed by atoms with Crippen molar-refractivity contribution < 1.29 is 10.2 Å². The van der Waals surface area contributed by atoms with Gasteiger partial charge in [-0.15, -0.1) is 0 Å². The number of phenols is 1. The van der Waals surface area contributed by atoms with Crippen molar-refractivity contribution in [3.05, 3.63) is 29.3 Å². The van der Waals surface area contributed by atoms with E-state index in [1.165, 1.54) is 24.0 Å². The summed E-state index contributed by atoms with van der Waals surface area (Å²) in [6, 6.07) is 5.93. The molecular weight excluding hydrogens is 272 g/mol. The average molecular weight is 302 g/mol. The van der Waals surface area contributed by atoms with Gasteiger partial charge in [0.25, 0.3) is 0 Å². The highest BCUT2D eigenvalue weighted by atomic mass is 16.3. The van der Waals surface area contributed by atoms with E-state index in [1.807, 2.05) is 12.1 Å². The van der Waals surface area contributed by atoms with Crippen LogP contribution in [0.3, 0.4) is 0 Å². The maximum Gasteiger partial charge on any atom is 0.115 e. The first-order valence-electron chi connectivity index (χ1n) is 8.97. The Bertz CT molecular complexity index is 539. The number of hydrogen-bond acceptors (Lipinski definition) is 2. The fourth-order valence-electron chi connectivity index (χ4n) is 5.15. The van der Waals surface area contributed by atoms with Gasteiger partial charge >= 0.3 is 0 Å². The fraction of sp³-hybridized carbons (Fsp3) is 0.700. The third-order valence-electron chi connectivity index (χ3n) is 6.79. The van der Waals surface area contributed by atoms with E-state index in [0.29, 0.717) is 23.5 Å². The van der Waals surface area contributed by atoms with Gasteiger partial charge < -0.3 is 10.2 Å². The molecular formula is C20H30O2. The lowest BCUT2D eigenvalue weighted by molar-refractivity contribution is -0.0646. The molecule has 0 saturated heterocycles. The number of aliphatic hydroxyl groups excluding tert-OH is 1. The SMILES string of the molecule is CCCC(O)C1(C)CCC2c3ccc(O)cc3CCC2C1C. The van der Waals surface area contributed by atoms with Gasteiger partial charge in [-0.2, -0.15) is 0 Å². The Balaban J connectivity index is 1.87. The van der Waals surface area contributed by atoms with Crippen LogP contribution >= 0.6 is 0 Å². The summed E-state index contributed by atoms with van der Waals surface area (Å²) in [5.74, 6) is 2.22. The topological polar surface area (TPSA) is 40.5 Å². The Morgan fingerprint density at radius 1 is 1.32 bits per heavy atom. The van der Waals surface area contributed by atoms with Gasteiger partial charge in [-0.1, -0.05) is 33.3 Å². The summed E-state index contributed by atoms with van der Waals surface area (Å²) in [7, 11) is 0. The van der Waals surface area contributed by atoms with Crippen LogP contribution in [0.15, 0.2) is 18.2 Å². The summed E-state index contributed by atoms with van der Waals surface area (Å²) in [6.07, 6.45) is 6.34. The predicted octanol–water partition coefficient (Wildman–Crippen LogP) is 4.64. The van der Waals surface area contributed by atoms with Crippen molar-refractivity contribution in [2.75, 3.05) is 0 Å². The zero-order valence-electron chi connectivity index (χ0n) is 14.2. The number of aromatic hydroxyl groups is 1. The summed E-state index contributed by atoms with van der Waals surface area (Å²) in [5.41, 5.74) is 2.85. The number of aryl methyl sites for hydroxylation is 1. The zero-order valence-corrected chi connectivity index (χ0v) is 14.2. The van der Waals surface area contributed by atoms with Gasteiger partial charge in [0.15, 0.2) is 0 Å². The number of phenolic OH excluding ortho intramolecular Hbond substituents is 1. The van der Waals surface area contributed by atoms with Crippen LogP contribution in [0.5, 0.6) is 5.75 Å². The lowest BCUT2D eigenvalue weighted by Gasteiger charge is -2.52. The Hall–Kier alpha value is -1.02. The quantitative estimate of drug-likeness (QED) is 0.854. The van der Waals surface area contributed by atoms with E-state index in [4.69, 9.17) is 0 Å². The number of hydrogen-bond donors (Lipinski definition) is 2. The van der Waals surface area contributed by atoms with Gasteiger partial charge in [-0.05, 0) is 78.5 Å². The van der Waals surface area contributed by atoms with Crippen molar-refractivity contribution in [3.8, 4) is 5.75 Å². The Labute approximate surface area is 134 Å². The molecule has 0 bridgehead atoms. The summed E-state index contributed by atoms with van der Waals surface area (Å²) >= 11 is 0. The molecule has 2 aliphatic rings. The van der Waals surface area contributed by atoms with Crippen LogP contribution in [-0.4, -0.2) is 16.3 Å². The van der Waals surface area contributed by atoms with Crippen molar-refractivity contribution in [1.82, 2.24) is 0 Å². The lowest BCUT2D eigenvalue weighted by atomic mass is 9.53. The molecule has 2 nitrogen and oxygen atoms in total. The van der Waals surface area contributed by atoms with Crippen LogP contribution in [0, 0.1) is 17.3 Å². The normalized spacial score (nSPS) is 35.5. The van der Waals surface area contributed by atoms with Crippen molar-refractivity contribution in [2.45, 2.75) is 71.3 Å². The van der Waals surface area contributed by atoms with Gasteiger partial charge in [0.05, 0.1) is 6.10 Å². The highest BCUT2D eigenvalue weighted by Gasteiger charge is 2.48. The summed E-state index contributed by atoms with van der Waals surface area (Å²) < 4.78 is 0. The molecule has 22 heavy (non-hydrogen) atoms. The monoisotopic (exact) mass is 302 g/mol. The molecule has 5 atom stereocenters. The largest absolute Gasteiger partial charge is 0.508 e. The maximum atomic E-state index is 10.7. The highest BCUT2D eigenvalue weighted by molar-refractivity contribution is 5.39. The molecule has 0 spiro atoms. The molecule has 122 valence electrons. The number of benzene rings is 1. The molecule has 0 heterocycles. The predicted molar refractivity (Wildman–Crippen MR) is 90.1 cm³/mol. The van der Waals surface area contributed by atoms with Crippen molar-refractivity contribution in [2.24, 2.45) is 17.3 Å². The van der Waals surface area contributed by atoms with Gasteiger partial charge in [0.1, 0.15) is 5.75 Å². The molecule has 3 rings (SSSR count). The standard InChI is InChI=1S/C20H30O2/c1-4-5-19(22)20(3)11-10-18-16(13(20)2)8-6-14-12-15(21)7-9-17(14)18/h7,9,12-13,16,18-19,21-22H,4-6,8,10-11H2,1-3H3. The van der Waals surface area contributed by atoms with Crippen molar-refractivity contribution in [3.63, 3.8) is 0 Å². The van der Waals surface area contributed by atoms with E-state index in [0.717, 1.165) is 25.7 Å². The van der Waals surface area contributed by atoms with E-state index in [2.05, 4.69) is 26.8 Å². The Morgan fingerprint density at radius 2 is 2.09 bits per heavy atom. The molecule has 1 aromatic carbocycles. The molecule has 0 amide bonds. The first-order valence-corrected chi connectivity index (χ1v) is 8.97. The molecule has 0 aliphatic heterocycles. The number of aliphatic hydroxyl groups is 1. The van der Waals surface area contributed by atoms with Crippen molar-refractivity contribution in [1.29, 1.82) is 0 Å². The molecule has 2 N–H and O–H groups in total. The smallest absolute Gasteiger partial charge is 0.115 e. The maximum absolute atomic E-state index is 10.7. The van der Waals surface area contributed by atoms with Crippen molar-refractivity contribution >= 4 is 0 Å². The molecule has 1 saturated carbocycles. The molecule has 0 aromatic heterocycles. The summed E-state index contributed by atoms with van der Waals surface area (Å²) in [4.78, 5) is 0. The second-order valence-corrected chi connectivity index (χ2v) is 7.83. The van der Waals surface area contributed by atoms with E-state index in [1.54, 1.807) is 0 Å². The van der Waals surface area contributed by atoms with Gasteiger partial charge in [0, 0.05) is 0 Å². The Kier molecular flexibility index (Phi) is 4.24. The first kappa shape index (κ1) is 15.9. The van der Waals surface area contributed by atoms with Crippen LogP contribution in [0.2, 0.25) is 0 Å². The van der Waals surface area contributed by atoms with Crippen LogP contribution in [0.4, 0.5) is 0 Å². The van der Waals surface area contributed by atoms with E-state index in [-0.39, 0.29) is 11.5 Å². The molecule has 2 aliphatic carbocycles. The minimum absolute atomic E-state index is 0.0611. The zero-order chi connectivity index (χ0) is 15.9. The summed E-state index contributed by atoms with van der Waals surface area (Å²) in [6.45, 7) is 6.83. The minimum atomic E-state index is -0.172. The van der Waals surface area contributed by atoms with Gasteiger partial charge in [-0.3, -0.25) is 0 Å². The second-order valence-electron chi connectivity index (χ2n) is 7.83. The third kappa shape index (κ3) is 2.46. The van der Waals surface area contributed by atoms with Crippen LogP contribution in [0.25, 0.3) is 0 Å². The summed E-state index contributed by atoms with van der Waals surface area (Å²) in [5, 5.41) is 20.4. The average Bonchev–Trinajstić information content (AvgIpc) is 2.50. The molecule has 1 aromatic rings. The van der Waals surface area contributed by atoms with Crippen LogP contribution < -0.4 is 0 Å². The lowest BCUT2D eigenvalue weighted by Crippen LogP contribution is -2.47. The third-order valence-corrected chi connectivity index (χ3v) is 6.79. The minimum Gasteiger partial charge on any atom is -0.508 e. The Morgan fingerprint density at radius 3 is 2.82 bits per heavy atom. The highest BCUT2D eigenvalue weighted by Crippen LogP contribution is 2.56. The van der Waals surface area contributed by atoms with E-state index >= 15 is 0 Å².